The molecule has 2 aromatic carbocycles. The average molecular weight is 674 g/mol. The quantitative estimate of drug-likeness (QED) is 0.244. The van der Waals surface area contributed by atoms with Gasteiger partial charge in [-0.2, -0.15) is 0 Å². The SMILES string of the molecule is COc1cccnc1N1CCN(C(=O)c2cc3c(-n4ccc5ccccc54)cc(C4=CCCN(C(=O)CCn5ccnn5)C4)c(F)c3[nH]2)CC1. The van der Waals surface area contributed by atoms with Crippen molar-refractivity contribution >= 4 is 45.0 Å². The maximum atomic E-state index is 16.7. The molecule has 0 aliphatic carbocycles. The highest BCUT2D eigenvalue weighted by atomic mass is 19.1. The predicted molar refractivity (Wildman–Crippen MR) is 188 cm³/mol. The number of methoxy groups -OCH3 is 1. The number of carbonyl (C=O) groups is 2. The van der Waals surface area contributed by atoms with Crippen LogP contribution in [0.1, 0.15) is 28.9 Å². The number of nitrogens with zero attached hydrogens (tertiary/aromatic N) is 8. The smallest absolute Gasteiger partial charge is 0.270 e. The first-order valence-corrected chi connectivity index (χ1v) is 16.7. The zero-order chi connectivity index (χ0) is 34.2. The van der Waals surface area contributed by atoms with Gasteiger partial charge in [0.2, 0.25) is 5.91 Å². The Balaban J connectivity index is 1.11. The van der Waals surface area contributed by atoms with Crippen LogP contribution in [0.5, 0.6) is 5.75 Å². The number of fused-ring (bicyclic) bond motifs is 2. The van der Waals surface area contributed by atoms with E-state index in [2.05, 4.69) is 25.2 Å². The molecule has 0 unspecified atom stereocenters. The van der Waals surface area contributed by atoms with Gasteiger partial charge in [-0.25, -0.2) is 9.37 Å². The van der Waals surface area contributed by atoms with Crippen molar-refractivity contribution in [3.05, 3.63) is 103 Å². The summed E-state index contributed by atoms with van der Waals surface area (Å²) in [6, 6.07) is 17.3. The molecule has 13 heteroatoms. The summed E-state index contributed by atoms with van der Waals surface area (Å²) >= 11 is 0. The summed E-state index contributed by atoms with van der Waals surface area (Å²) in [4.78, 5) is 40.5. The standard InChI is InChI=1S/C37H36FN9O3/c1-50-32-9-4-12-39-36(32)43-18-20-44(21-19-43)37(49)29-22-28-31(47-16-10-25-6-2-3-8-30(25)47)23-27(34(38)35(28)41-29)26-7-5-14-45(24-26)33(48)11-15-46-17-13-40-42-46/h2-4,6-10,12-13,16-17,22-23,41H,5,11,14-15,18-21,24H2,1H3. The van der Waals surface area contributed by atoms with E-state index in [0.717, 1.165) is 28.0 Å². The molecule has 0 radical (unpaired) electrons. The second kappa shape index (κ2) is 13.1. The molecule has 6 aromatic rings. The predicted octanol–water partition coefficient (Wildman–Crippen LogP) is 4.91. The first-order chi connectivity index (χ1) is 24.5. The number of ether oxygens (including phenoxy) is 1. The Bertz CT molecular complexity index is 2230. The van der Waals surface area contributed by atoms with Crippen LogP contribution in [0.4, 0.5) is 10.2 Å². The van der Waals surface area contributed by atoms with Crippen molar-refractivity contribution in [2.45, 2.75) is 19.4 Å². The molecule has 12 nitrogen and oxygen atoms in total. The molecule has 1 N–H and O–H groups in total. The van der Waals surface area contributed by atoms with E-state index in [4.69, 9.17) is 4.74 Å². The number of carbonyl (C=O) groups excluding carboxylic acids is 2. The van der Waals surface area contributed by atoms with E-state index in [1.54, 1.807) is 46.2 Å². The topological polar surface area (TPSA) is 117 Å². The lowest BCUT2D eigenvalue weighted by Crippen LogP contribution is -2.49. The van der Waals surface area contributed by atoms with Crippen molar-refractivity contribution in [1.82, 2.24) is 39.3 Å². The number of benzene rings is 2. The van der Waals surface area contributed by atoms with Crippen LogP contribution in [0.3, 0.4) is 0 Å². The van der Waals surface area contributed by atoms with Crippen LogP contribution in [0, 0.1) is 5.82 Å². The number of rotatable bonds is 8. The third-order valence-corrected chi connectivity index (χ3v) is 9.63. The highest BCUT2D eigenvalue weighted by Crippen LogP contribution is 2.36. The van der Waals surface area contributed by atoms with Crippen LogP contribution in [0.15, 0.2) is 85.5 Å². The number of piperazine rings is 1. The van der Waals surface area contributed by atoms with E-state index >= 15 is 4.39 Å². The molecule has 4 aromatic heterocycles. The molecule has 0 atom stereocenters. The highest BCUT2D eigenvalue weighted by Gasteiger charge is 2.28. The van der Waals surface area contributed by atoms with E-state index in [1.807, 2.05) is 65.4 Å². The highest BCUT2D eigenvalue weighted by molar-refractivity contribution is 6.02. The largest absolute Gasteiger partial charge is 0.493 e. The van der Waals surface area contributed by atoms with Crippen molar-refractivity contribution in [3.63, 3.8) is 0 Å². The van der Waals surface area contributed by atoms with Crippen molar-refractivity contribution in [3.8, 4) is 11.4 Å². The Morgan fingerprint density at radius 1 is 0.960 bits per heavy atom. The molecule has 8 rings (SSSR count). The van der Waals surface area contributed by atoms with Crippen molar-refractivity contribution in [2.75, 3.05) is 51.3 Å². The van der Waals surface area contributed by atoms with Crippen LogP contribution in [0.2, 0.25) is 0 Å². The van der Waals surface area contributed by atoms with Gasteiger partial charge in [-0.15, -0.1) is 5.10 Å². The van der Waals surface area contributed by atoms with E-state index in [9.17, 15) is 9.59 Å². The van der Waals surface area contributed by atoms with Gasteiger partial charge in [0.15, 0.2) is 17.4 Å². The lowest BCUT2D eigenvalue weighted by Gasteiger charge is -2.35. The third-order valence-electron chi connectivity index (χ3n) is 9.63. The number of pyridine rings is 1. The zero-order valence-electron chi connectivity index (χ0n) is 27.6. The fourth-order valence-electron chi connectivity index (χ4n) is 7.03. The molecule has 6 heterocycles. The molecule has 50 heavy (non-hydrogen) atoms. The normalized spacial score (nSPS) is 15.2. The number of aromatic amines is 1. The van der Waals surface area contributed by atoms with Gasteiger partial charge >= 0.3 is 0 Å². The Morgan fingerprint density at radius 2 is 1.82 bits per heavy atom. The van der Waals surface area contributed by atoms with Crippen LogP contribution < -0.4 is 9.64 Å². The molecular weight excluding hydrogens is 637 g/mol. The first-order valence-electron chi connectivity index (χ1n) is 16.7. The van der Waals surface area contributed by atoms with Crippen molar-refractivity contribution < 1.29 is 18.7 Å². The maximum Gasteiger partial charge on any atom is 0.270 e. The Labute approximate surface area is 287 Å². The number of halogens is 1. The number of aromatic nitrogens is 6. The molecular formula is C37H36FN9O3. The molecule has 1 fully saturated rings. The third kappa shape index (κ3) is 5.74. The second-order valence-electron chi connectivity index (χ2n) is 12.5. The molecule has 2 aliphatic heterocycles. The summed E-state index contributed by atoms with van der Waals surface area (Å²) in [6.45, 7) is 3.38. The molecule has 2 aliphatic rings. The van der Waals surface area contributed by atoms with Gasteiger partial charge in [0.25, 0.3) is 5.91 Å². The van der Waals surface area contributed by atoms with Gasteiger partial charge < -0.3 is 29.0 Å². The molecule has 0 saturated carbocycles. The average Bonchev–Trinajstić information content (AvgIpc) is 3.95. The lowest BCUT2D eigenvalue weighted by atomic mass is 9.98. The summed E-state index contributed by atoms with van der Waals surface area (Å²) in [6.07, 6.45) is 9.88. The van der Waals surface area contributed by atoms with E-state index < -0.39 is 5.82 Å². The number of hydrogen-bond acceptors (Lipinski definition) is 7. The minimum atomic E-state index is -0.450. The molecule has 1 saturated heterocycles. The Hall–Kier alpha value is -5.98. The van der Waals surface area contributed by atoms with Gasteiger partial charge in [-0.05, 0) is 53.8 Å². The molecule has 254 valence electrons. The van der Waals surface area contributed by atoms with Gasteiger partial charge in [0.1, 0.15) is 5.69 Å². The van der Waals surface area contributed by atoms with Crippen molar-refractivity contribution in [1.29, 1.82) is 0 Å². The summed E-state index contributed by atoms with van der Waals surface area (Å²) < 4.78 is 25.9. The fourth-order valence-corrected chi connectivity index (χ4v) is 7.03. The van der Waals surface area contributed by atoms with Crippen LogP contribution in [-0.4, -0.2) is 97.5 Å². The number of para-hydroxylation sites is 1. The number of nitrogens with one attached hydrogen (secondary N) is 1. The number of H-pyrrole nitrogens is 1. The summed E-state index contributed by atoms with van der Waals surface area (Å²) in [5.41, 5.74) is 3.41. The molecule has 2 amide bonds. The van der Waals surface area contributed by atoms with E-state index in [1.165, 1.54) is 0 Å². The molecule has 0 spiro atoms. The van der Waals surface area contributed by atoms with Gasteiger partial charge in [-0.3, -0.25) is 14.3 Å². The van der Waals surface area contributed by atoms with Gasteiger partial charge in [-0.1, -0.05) is 29.5 Å². The van der Waals surface area contributed by atoms with Crippen molar-refractivity contribution in [2.24, 2.45) is 0 Å². The zero-order valence-corrected chi connectivity index (χ0v) is 27.6. The second-order valence-corrected chi connectivity index (χ2v) is 12.5. The van der Waals surface area contributed by atoms with Crippen LogP contribution in [-0.2, 0) is 11.3 Å². The monoisotopic (exact) mass is 673 g/mol. The Morgan fingerprint density at radius 3 is 2.64 bits per heavy atom. The van der Waals surface area contributed by atoms with E-state index in [-0.39, 0.29) is 30.3 Å². The van der Waals surface area contributed by atoms with E-state index in [0.29, 0.717) is 68.1 Å². The van der Waals surface area contributed by atoms with Crippen LogP contribution >= 0.6 is 0 Å². The summed E-state index contributed by atoms with van der Waals surface area (Å²) in [5, 5.41) is 9.40. The summed E-state index contributed by atoms with van der Waals surface area (Å²) in [5.74, 6) is 0.761. The summed E-state index contributed by atoms with van der Waals surface area (Å²) in [7, 11) is 1.62. The Kier molecular flexibility index (Phi) is 8.23. The number of hydrogen-bond donors (Lipinski definition) is 1. The number of anilines is 1. The fraction of sp³-hybridized carbons (Fsp3) is 0.270. The van der Waals surface area contributed by atoms with Gasteiger partial charge in [0.05, 0.1) is 36.6 Å². The van der Waals surface area contributed by atoms with Crippen LogP contribution in [0.25, 0.3) is 33.1 Å². The molecule has 0 bridgehead atoms. The lowest BCUT2D eigenvalue weighted by molar-refractivity contribution is -0.131. The number of aryl methyl sites for hydroxylation is 1. The number of amides is 2. The minimum absolute atomic E-state index is 0.0291. The first kappa shape index (κ1) is 31.3. The van der Waals surface area contributed by atoms with Gasteiger partial charge in [0, 0.05) is 75.2 Å². The minimum Gasteiger partial charge on any atom is -0.493 e. The maximum absolute atomic E-state index is 16.7.